The number of fused-ring (bicyclic) bond motifs is 1. The Bertz CT molecular complexity index is 443. The van der Waals surface area contributed by atoms with Gasteiger partial charge in [-0.3, -0.25) is 4.90 Å². The molecule has 0 aromatic heterocycles. The maximum Gasteiger partial charge on any atom is 0.159 e. The van der Waals surface area contributed by atoms with Crippen molar-refractivity contribution in [1.82, 2.24) is 10.2 Å². The first kappa shape index (κ1) is 14.7. The Morgan fingerprint density at radius 1 is 1.16 bits per heavy atom. The molecule has 2 aliphatic rings. The fourth-order valence-electron chi connectivity index (χ4n) is 3.19. The van der Waals surface area contributed by atoms with Crippen molar-refractivity contribution >= 4 is 12.4 Å². The smallest absolute Gasteiger partial charge is 0.159 e. The average molecular weight is 289 g/mol. The van der Waals surface area contributed by atoms with Crippen LogP contribution >= 0.6 is 12.4 Å². The molecule has 0 radical (unpaired) electrons. The van der Waals surface area contributed by atoms with E-state index in [1.54, 1.807) is 6.07 Å². The molecule has 0 aliphatic carbocycles. The van der Waals surface area contributed by atoms with E-state index in [0.29, 0.717) is 0 Å². The number of hydrogen-bond donors (Lipinski definition) is 1. The second kappa shape index (κ2) is 5.73. The van der Waals surface area contributed by atoms with Crippen LogP contribution in [0, 0.1) is 23.5 Å². The summed E-state index contributed by atoms with van der Waals surface area (Å²) in [7, 11) is 0. The molecule has 2 fully saturated rings. The van der Waals surface area contributed by atoms with E-state index in [-0.39, 0.29) is 18.4 Å². The Hall–Kier alpha value is -0.710. The van der Waals surface area contributed by atoms with Crippen LogP contribution in [-0.4, -0.2) is 31.1 Å². The zero-order chi connectivity index (χ0) is 12.7. The molecule has 5 heteroatoms. The van der Waals surface area contributed by atoms with Gasteiger partial charge in [0.15, 0.2) is 11.6 Å². The summed E-state index contributed by atoms with van der Waals surface area (Å²) < 4.78 is 26.2. The molecule has 3 rings (SSSR count). The largest absolute Gasteiger partial charge is 0.316 e. The first-order valence-corrected chi connectivity index (χ1v) is 6.55. The fraction of sp³-hybridized carbons (Fsp3) is 0.571. The van der Waals surface area contributed by atoms with Gasteiger partial charge in [-0.15, -0.1) is 12.4 Å². The standard InChI is InChI=1S/C14H18F2N2.ClH/c1-9(10-2-3-13(15)14(16)4-10)18-7-11-5-17-6-12(11)8-18;/h2-4,9,11-12,17H,5-8H2,1H3;1H/t9?,11-,12+;. The third kappa shape index (κ3) is 2.76. The van der Waals surface area contributed by atoms with E-state index in [9.17, 15) is 8.78 Å². The van der Waals surface area contributed by atoms with Crippen molar-refractivity contribution in [3.05, 3.63) is 35.4 Å². The van der Waals surface area contributed by atoms with E-state index in [0.717, 1.165) is 43.6 Å². The van der Waals surface area contributed by atoms with Crippen LogP contribution in [0.3, 0.4) is 0 Å². The number of likely N-dealkylation sites (tertiary alicyclic amines) is 1. The van der Waals surface area contributed by atoms with Gasteiger partial charge in [0.1, 0.15) is 0 Å². The second-order valence-corrected chi connectivity index (χ2v) is 5.48. The molecule has 0 spiro atoms. The summed E-state index contributed by atoms with van der Waals surface area (Å²) in [5.74, 6) is -0.0793. The van der Waals surface area contributed by atoms with Gasteiger partial charge in [-0.05, 0) is 49.5 Å². The SMILES string of the molecule is CC(c1ccc(F)c(F)c1)N1C[C@H]2CNC[C@H]2C1.Cl. The van der Waals surface area contributed by atoms with Crippen molar-refractivity contribution < 1.29 is 8.78 Å². The Kier molecular flexibility index (Phi) is 4.43. The summed E-state index contributed by atoms with van der Waals surface area (Å²) in [6.07, 6.45) is 0. The minimum atomic E-state index is -0.770. The highest BCUT2D eigenvalue weighted by Crippen LogP contribution is 2.33. The minimum absolute atomic E-state index is 0. The van der Waals surface area contributed by atoms with Gasteiger partial charge >= 0.3 is 0 Å². The maximum atomic E-state index is 13.3. The number of nitrogens with one attached hydrogen (secondary N) is 1. The fourth-order valence-corrected chi connectivity index (χ4v) is 3.19. The minimum Gasteiger partial charge on any atom is -0.316 e. The Balaban J connectivity index is 0.00000133. The van der Waals surface area contributed by atoms with Gasteiger partial charge in [0, 0.05) is 19.1 Å². The van der Waals surface area contributed by atoms with Gasteiger partial charge in [-0.2, -0.15) is 0 Å². The summed E-state index contributed by atoms with van der Waals surface area (Å²) in [5, 5.41) is 3.40. The number of hydrogen-bond acceptors (Lipinski definition) is 2. The molecule has 1 N–H and O–H groups in total. The predicted molar refractivity (Wildman–Crippen MR) is 73.4 cm³/mol. The van der Waals surface area contributed by atoms with Gasteiger partial charge in [0.2, 0.25) is 0 Å². The zero-order valence-corrected chi connectivity index (χ0v) is 11.7. The third-order valence-corrected chi connectivity index (χ3v) is 4.39. The van der Waals surface area contributed by atoms with Crippen LogP contribution in [0.25, 0.3) is 0 Å². The molecule has 3 atom stereocenters. The molecule has 2 heterocycles. The van der Waals surface area contributed by atoms with E-state index in [1.807, 2.05) is 0 Å². The first-order chi connectivity index (χ1) is 8.65. The van der Waals surface area contributed by atoms with Crippen LogP contribution < -0.4 is 5.32 Å². The van der Waals surface area contributed by atoms with Crippen molar-refractivity contribution in [1.29, 1.82) is 0 Å². The van der Waals surface area contributed by atoms with E-state index >= 15 is 0 Å². The lowest BCUT2D eigenvalue weighted by molar-refractivity contribution is 0.243. The zero-order valence-electron chi connectivity index (χ0n) is 10.9. The van der Waals surface area contributed by atoms with Crippen LogP contribution in [0.4, 0.5) is 8.78 Å². The highest BCUT2D eigenvalue weighted by molar-refractivity contribution is 5.85. The van der Waals surface area contributed by atoms with Crippen LogP contribution in [0.15, 0.2) is 18.2 Å². The monoisotopic (exact) mass is 288 g/mol. The van der Waals surface area contributed by atoms with E-state index in [4.69, 9.17) is 0 Å². The lowest BCUT2D eigenvalue weighted by Gasteiger charge is -2.25. The molecule has 0 saturated carbocycles. The molecular weight excluding hydrogens is 270 g/mol. The number of halogens is 3. The topological polar surface area (TPSA) is 15.3 Å². The number of benzene rings is 1. The highest BCUT2D eigenvalue weighted by Gasteiger charge is 2.37. The highest BCUT2D eigenvalue weighted by atomic mass is 35.5. The lowest BCUT2D eigenvalue weighted by Crippen LogP contribution is -2.28. The van der Waals surface area contributed by atoms with Crippen molar-refractivity contribution in [2.75, 3.05) is 26.2 Å². The van der Waals surface area contributed by atoms with E-state index in [2.05, 4.69) is 17.1 Å². The number of nitrogens with zero attached hydrogens (tertiary/aromatic N) is 1. The van der Waals surface area contributed by atoms with Crippen LogP contribution in [0.1, 0.15) is 18.5 Å². The molecule has 0 bridgehead atoms. The average Bonchev–Trinajstić information content (AvgIpc) is 2.92. The molecule has 106 valence electrons. The molecule has 0 amide bonds. The summed E-state index contributed by atoms with van der Waals surface area (Å²) in [6.45, 7) is 6.36. The summed E-state index contributed by atoms with van der Waals surface area (Å²) >= 11 is 0. The van der Waals surface area contributed by atoms with Crippen molar-refractivity contribution in [2.45, 2.75) is 13.0 Å². The quantitative estimate of drug-likeness (QED) is 0.900. The number of rotatable bonds is 2. The first-order valence-electron chi connectivity index (χ1n) is 6.55. The molecule has 2 saturated heterocycles. The maximum absolute atomic E-state index is 13.3. The molecule has 2 aliphatic heterocycles. The Morgan fingerprint density at radius 3 is 2.37 bits per heavy atom. The van der Waals surface area contributed by atoms with Crippen LogP contribution in [0.5, 0.6) is 0 Å². The molecule has 1 aromatic carbocycles. The van der Waals surface area contributed by atoms with Crippen molar-refractivity contribution in [3.8, 4) is 0 Å². The normalized spacial score (nSPS) is 27.9. The van der Waals surface area contributed by atoms with E-state index in [1.165, 1.54) is 12.1 Å². The van der Waals surface area contributed by atoms with Crippen LogP contribution in [-0.2, 0) is 0 Å². The lowest BCUT2D eigenvalue weighted by atomic mass is 10.0. The summed E-state index contributed by atoms with van der Waals surface area (Å²) in [6, 6.07) is 4.40. The summed E-state index contributed by atoms with van der Waals surface area (Å²) in [5.41, 5.74) is 0.863. The third-order valence-electron chi connectivity index (χ3n) is 4.39. The second-order valence-electron chi connectivity index (χ2n) is 5.48. The van der Waals surface area contributed by atoms with Crippen molar-refractivity contribution in [2.24, 2.45) is 11.8 Å². The van der Waals surface area contributed by atoms with Gasteiger partial charge < -0.3 is 5.32 Å². The summed E-state index contributed by atoms with van der Waals surface area (Å²) in [4.78, 5) is 2.38. The van der Waals surface area contributed by atoms with Gasteiger partial charge in [-0.25, -0.2) is 8.78 Å². The molecular formula is C14H19ClF2N2. The van der Waals surface area contributed by atoms with Gasteiger partial charge in [0.05, 0.1) is 0 Å². The van der Waals surface area contributed by atoms with Gasteiger partial charge in [0.25, 0.3) is 0 Å². The van der Waals surface area contributed by atoms with Crippen molar-refractivity contribution in [3.63, 3.8) is 0 Å². The van der Waals surface area contributed by atoms with Gasteiger partial charge in [-0.1, -0.05) is 6.07 Å². The predicted octanol–water partition coefficient (Wildman–Crippen LogP) is 2.60. The molecule has 19 heavy (non-hydrogen) atoms. The molecule has 1 unspecified atom stereocenters. The molecule has 2 nitrogen and oxygen atoms in total. The van der Waals surface area contributed by atoms with E-state index < -0.39 is 11.6 Å². The Morgan fingerprint density at radius 2 is 1.79 bits per heavy atom. The Labute approximate surface area is 118 Å². The molecule has 1 aromatic rings. The van der Waals surface area contributed by atoms with Crippen LogP contribution in [0.2, 0.25) is 0 Å².